The minimum absolute atomic E-state index is 0.0759. The number of hydrogen-bond acceptors (Lipinski definition) is 5. The summed E-state index contributed by atoms with van der Waals surface area (Å²) in [6.07, 6.45) is 0. The highest BCUT2D eigenvalue weighted by Crippen LogP contribution is 2.23. The maximum atomic E-state index is 12.2. The first-order valence-electron chi connectivity index (χ1n) is 6.61. The highest BCUT2D eigenvalue weighted by atomic mass is 16.6. The number of amides is 1. The molecule has 0 heterocycles. The van der Waals surface area contributed by atoms with Gasteiger partial charge in [-0.2, -0.15) is 0 Å². The number of rotatable bonds is 4. The first kappa shape index (κ1) is 16.1. The number of nitrogens with zero attached hydrogens (tertiary/aromatic N) is 2. The van der Waals surface area contributed by atoms with Crippen LogP contribution in [0.5, 0.6) is 0 Å². The number of anilines is 1. The Morgan fingerprint density at radius 3 is 2.22 bits per heavy atom. The summed E-state index contributed by atoms with van der Waals surface area (Å²) in [5.41, 5.74) is 1.37. The maximum Gasteiger partial charge on any atom is 0.272 e. The van der Waals surface area contributed by atoms with Gasteiger partial charge in [0.05, 0.1) is 15.5 Å². The monoisotopic (exact) mass is 315 g/mol. The molecule has 23 heavy (non-hydrogen) atoms. The maximum absolute atomic E-state index is 12.2. The molecule has 0 radical (unpaired) electrons. The Labute approximate surface area is 131 Å². The quantitative estimate of drug-likeness (QED) is 0.686. The zero-order valence-electron chi connectivity index (χ0n) is 12.4. The molecule has 1 amide bonds. The van der Waals surface area contributed by atoms with E-state index in [0.717, 1.165) is 0 Å². The van der Waals surface area contributed by atoms with Gasteiger partial charge in [-0.15, -0.1) is 0 Å². The van der Waals surface area contributed by atoms with E-state index in [0.29, 0.717) is 16.8 Å². The van der Waals surface area contributed by atoms with Gasteiger partial charge >= 0.3 is 0 Å². The normalized spacial score (nSPS) is 10.2. The van der Waals surface area contributed by atoms with Crippen molar-refractivity contribution in [3.8, 4) is 0 Å². The van der Waals surface area contributed by atoms with Crippen molar-refractivity contribution < 1.29 is 14.6 Å². The molecule has 0 aromatic heterocycles. The van der Waals surface area contributed by atoms with Crippen molar-refractivity contribution >= 4 is 23.0 Å². The van der Waals surface area contributed by atoms with Crippen LogP contribution in [0, 0.1) is 34.1 Å². The third-order valence-electron chi connectivity index (χ3n) is 3.34. The molecule has 0 saturated heterocycles. The van der Waals surface area contributed by atoms with Gasteiger partial charge in [-0.25, -0.2) is 0 Å². The van der Waals surface area contributed by atoms with Crippen molar-refractivity contribution in [1.82, 2.24) is 0 Å². The standard InChI is InChI=1S/C15H13N3O5/c1-9-3-5-12(17(20)21)8-13(9)16-15(19)11-4-6-14(18(22)23)10(2)7-11/h3-8H,1-2H3,(H,16,19). The van der Waals surface area contributed by atoms with Crippen LogP contribution in [-0.2, 0) is 0 Å². The Morgan fingerprint density at radius 1 is 0.957 bits per heavy atom. The largest absolute Gasteiger partial charge is 0.321 e. The van der Waals surface area contributed by atoms with E-state index in [1.165, 1.54) is 43.3 Å². The molecule has 0 saturated carbocycles. The molecule has 0 aliphatic carbocycles. The molecule has 0 unspecified atom stereocenters. The van der Waals surface area contributed by atoms with E-state index in [2.05, 4.69) is 5.32 Å². The molecule has 0 bridgehead atoms. The number of carbonyl (C=O) groups is 1. The van der Waals surface area contributed by atoms with Crippen LogP contribution in [0.4, 0.5) is 17.1 Å². The molecule has 2 aromatic carbocycles. The number of aryl methyl sites for hydroxylation is 2. The molecule has 0 aliphatic heterocycles. The molecule has 1 N–H and O–H groups in total. The summed E-state index contributed by atoms with van der Waals surface area (Å²) in [6, 6.07) is 8.15. The predicted molar refractivity (Wildman–Crippen MR) is 83.6 cm³/mol. The van der Waals surface area contributed by atoms with Crippen LogP contribution in [0.1, 0.15) is 21.5 Å². The Morgan fingerprint density at radius 2 is 1.65 bits per heavy atom. The number of hydrogen-bond donors (Lipinski definition) is 1. The van der Waals surface area contributed by atoms with Crippen LogP contribution >= 0.6 is 0 Å². The highest BCUT2D eigenvalue weighted by molar-refractivity contribution is 6.05. The number of nitro groups is 2. The van der Waals surface area contributed by atoms with E-state index >= 15 is 0 Å². The summed E-state index contributed by atoms with van der Waals surface area (Å²) >= 11 is 0. The van der Waals surface area contributed by atoms with Gasteiger partial charge < -0.3 is 5.32 Å². The zero-order chi connectivity index (χ0) is 17.1. The molecule has 0 atom stereocenters. The fourth-order valence-electron chi connectivity index (χ4n) is 2.05. The Balaban J connectivity index is 2.29. The second kappa shape index (κ2) is 6.22. The number of benzene rings is 2. The average molecular weight is 315 g/mol. The van der Waals surface area contributed by atoms with Gasteiger partial charge in [0.2, 0.25) is 0 Å². The SMILES string of the molecule is Cc1ccc([N+](=O)[O-])cc1NC(=O)c1ccc([N+](=O)[O-])c(C)c1. The van der Waals surface area contributed by atoms with Gasteiger partial charge in [0, 0.05) is 29.3 Å². The molecule has 0 spiro atoms. The van der Waals surface area contributed by atoms with Crippen LogP contribution in [0.2, 0.25) is 0 Å². The third-order valence-corrected chi connectivity index (χ3v) is 3.34. The number of nitro benzene ring substituents is 2. The van der Waals surface area contributed by atoms with Crippen LogP contribution in [-0.4, -0.2) is 15.8 Å². The molecule has 0 fully saturated rings. The highest BCUT2D eigenvalue weighted by Gasteiger charge is 2.15. The molecular weight excluding hydrogens is 302 g/mol. The van der Waals surface area contributed by atoms with Gasteiger partial charge in [-0.05, 0) is 31.5 Å². The summed E-state index contributed by atoms with van der Waals surface area (Å²) in [6.45, 7) is 3.24. The lowest BCUT2D eigenvalue weighted by molar-refractivity contribution is -0.385. The van der Waals surface area contributed by atoms with Gasteiger partial charge in [0.15, 0.2) is 0 Å². The van der Waals surface area contributed by atoms with Gasteiger partial charge in [-0.1, -0.05) is 6.07 Å². The molecule has 8 nitrogen and oxygen atoms in total. The summed E-state index contributed by atoms with van der Waals surface area (Å²) in [4.78, 5) is 32.7. The Hall–Kier alpha value is -3.29. The fourth-order valence-corrected chi connectivity index (χ4v) is 2.05. The van der Waals surface area contributed by atoms with E-state index in [-0.39, 0.29) is 16.9 Å². The van der Waals surface area contributed by atoms with Crippen molar-refractivity contribution in [3.05, 3.63) is 73.3 Å². The molecule has 0 aliphatic rings. The fraction of sp³-hybridized carbons (Fsp3) is 0.133. The second-order valence-electron chi connectivity index (χ2n) is 4.97. The van der Waals surface area contributed by atoms with E-state index in [9.17, 15) is 25.0 Å². The number of nitrogens with one attached hydrogen (secondary N) is 1. The minimum atomic E-state index is -0.550. The third kappa shape index (κ3) is 3.49. The molecule has 2 aromatic rings. The van der Waals surface area contributed by atoms with E-state index < -0.39 is 15.8 Å². The molecule has 8 heteroatoms. The lowest BCUT2D eigenvalue weighted by Gasteiger charge is -2.09. The second-order valence-corrected chi connectivity index (χ2v) is 4.97. The first-order chi connectivity index (χ1) is 10.8. The topological polar surface area (TPSA) is 115 Å². The molecular formula is C15H13N3O5. The van der Waals surface area contributed by atoms with Gasteiger partial charge in [0.1, 0.15) is 0 Å². The van der Waals surface area contributed by atoms with Gasteiger partial charge in [0.25, 0.3) is 17.3 Å². The lowest BCUT2D eigenvalue weighted by atomic mass is 10.1. The summed E-state index contributed by atoms with van der Waals surface area (Å²) < 4.78 is 0. The average Bonchev–Trinajstić information content (AvgIpc) is 2.48. The van der Waals surface area contributed by atoms with Crippen molar-refractivity contribution in [3.63, 3.8) is 0 Å². The smallest absolute Gasteiger partial charge is 0.272 e. The van der Waals surface area contributed by atoms with E-state index in [1.54, 1.807) is 6.92 Å². The first-order valence-corrected chi connectivity index (χ1v) is 6.61. The van der Waals surface area contributed by atoms with Crippen LogP contribution < -0.4 is 5.32 Å². The number of carbonyl (C=O) groups excluding carboxylic acids is 1. The predicted octanol–water partition coefficient (Wildman–Crippen LogP) is 3.37. The summed E-state index contributed by atoms with van der Waals surface area (Å²) in [7, 11) is 0. The zero-order valence-corrected chi connectivity index (χ0v) is 12.4. The van der Waals surface area contributed by atoms with Crippen molar-refractivity contribution in [2.24, 2.45) is 0 Å². The van der Waals surface area contributed by atoms with Crippen molar-refractivity contribution in [2.75, 3.05) is 5.32 Å². The lowest BCUT2D eigenvalue weighted by Crippen LogP contribution is -2.13. The minimum Gasteiger partial charge on any atom is -0.321 e. The molecule has 118 valence electrons. The van der Waals surface area contributed by atoms with Crippen LogP contribution in [0.3, 0.4) is 0 Å². The number of non-ortho nitro benzene ring substituents is 1. The summed E-state index contributed by atoms with van der Waals surface area (Å²) in [5, 5.41) is 24.2. The Kier molecular flexibility index (Phi) is 4.35. The van der Waals surface area contributed by atoms with E-state index in [4.69, 9.17) is 0 Å². The van der Waals surface area contributed by atoms with Crippen LogP contribution in [0.25, 0.3) is 0 Å². The summed E-state index contributed by atoms with van der Waals surface area (Å²) in [5.74, 6) is -0.494. The van der Waals surface area contributed by atoms with Crippen molar-refractivity contribution in [2.45, 2.75) is 13.8 Å². The van der Waals surface area contributed by atoms with Crippen LogP contribution in [0.15, 0.2) is 36.4 Å². The van der Waals surface area contributed by atoms with Gasteiger partial charge in [-0.3, -0.25) is 25.0 Å². The van der Waals surface area contributed by atoms with E-state index in [1.807, 2.05) is 0 Å². The molecule has 2 rings (SSSR count). The van der Waals surface area contributed by atoms with Crippen molar-refractivity contribution in [1.29, 1.82) is 0 Å². The Bertz CT molecular complexity index is 817.